The normalized spacial score (nSPS) is 12.2. The minimum Gasteiger partial charge on any atom is -0.468 e. The monoisotopic (exact) mass is 545 g/mol. The highest BCUT2D eigenvalue weighted by molar-refractivity contribution is 6.12. The SMILES string of the molecule is COOc1ccc(-n2nc(C(F)(F)F)cc2C(=O)C(C(=O)OC)c2ccc(-n3ccccc3=O)cc2F)cc1. The van der Waals surface area contributed by atoms with E-state index in [1.807, 2.05) is 0 Å². The predicted octanol–water partition coefficient (Wildman–Crippen LogP) is 4.26. The first-order valence-electron chi connectivity index (χ1n) is 11.1. The summed E-state index contributed by atoms with van der Waals surface area (Å²) in [6.45, 7) is 0. The summed E-state index contributed by atoms with van der Waals surface area (Å²) in [5.74, 6) is -5.25. The number of esters is 1. The van der Waals surface area contributed by atoms with Crippen LogP contribution in [0.4, 0.5) is 17.6 Å². The maximum Gasteiger partial charge on any atom is 0.435 e. The second-order valence-corrected chi connectivity index (χ2v) is 8.00. The van der Waals surface area contributed by atoms with E-state index in [0.29, 0.717) is 10.7 Å². The molecule has 1 unspecified atom stereocenters. The maximum absolute atomic E-state index is 15.3. The fourth-order valence-corrected chi connectivity index (χ4v) is 3.81. The number of methoxy groups -OCH3 is 1. The number of carbonyl (C=O) groups excluding carboxylic acids is 2. The maximum atomic E-state index is 15.3. The molecule has 0 saturated heterocycles. The van der Waals surface area contributed by atoms with E-state index in [1.165, 1.54) is 55.8 Å². The fourth-order valence-electron chi connectivity index (χ4n) is 3.81. The van der Waals surface area contributed by atoms with Gasteiger partial charge in [0.15, 0.2) is 17.2 Å². The average Bonchev–Trinajstić information content (AvgIpc) is 3.37. The van der Waals surface area contributed by atoms with Gasteiger partial charge < -0.3 is 9.62 Å². The zero-order valence-corrected chi connectivity index (χ0v) is 20.3. The number of Topliss-reactive ketones (excluding diaryl/α,β-unsaturated/α-hetero) is 1. The fraction of sp³-hybridized carbons (Fsp3) is 0.154. The highest BCUT2D eigenvalue weighted by Gasteiger charge is 2.40. The van der Waals surface area contributed by atoms with Crippen molar-refractivity contribution in [1.29, 1.82) is 0 Å². The van der Waals surface area contributed by atoms with E-state index in [-0.39, 0.29) is 17.1 Å². The van der Waals surface area contributed by atoms with Gasteiger partial charge >= 0.3 is 12.1 Å². The summed E-state index contributed by atoms with van der Waals surface area (Å²) in [6.07, 6.45) is -3.55. The molecule has 13 heteroatoms. The number of benzene rings is 2. The van der Waals surface area contributed by atoms with Crippen molar-refractivity contribution in [2.24, 2.45) is 0 Å². The van der Waals surface area contributed by atoms with Gasteiger partial charge in [0.2, 0.25) is 0 Å². The lowest BCUT2D eigenvalue weighted by Gasteiger charge is -2.17. The van der Waals surface area contributed by atoms with Crippen LogP contribution in [0.2, 0.25) is 0 Å². The molecule has 2 aromatic heterocycles. The number of rotatable bonds is 8. The summed E-state index contributed by atoms with van der Waals surface area (Å²) in [5.41, 5.74) is -2.88. The number of aromatic nitrogens is 3. The molecule has 0 bridgehead atoms. The van der Waals surface area contributed by atoms with Crippen molar-refractivity contribution >= 4 is 11.8 Å². The Bertz CT molecular complexity index is 1580. The number of ether oxygens (including phenoxy) is 1. The van der Waals surface area contributed by atoms with Gasteiger partial charge in [-0.1, -0.05) is 12.1 Å². The van der Waals surface area contributed by atoms with Gasteiger partial charge in [0, 0.05) is 23.9 Å². The number of hydrogen-bond acceptors (Lipinski definition) is 7. The largest absolute Gasteiger partial charge is 0.468 e. The van der Waals surface area contributed by atoms with Crippen molar-refractivity contribution in [3.05, 3.63) is 106 Å². The topological polar surface area (TPSA) is 102 Å². The Morgan fingerprint density at radius 1 is 0.949 bits per heavy atom. The van der Waals surface area contributed by atoms with Crippen LogP contribution in [0.5, 0.6) is 5.75 Å². The lowest BCUT2D eigenvalue weighted by Crippen LogP contribution is -2.26. The first-order chi connectivity index (χ1) is 18.5. The molecule has 0 radical (unpaired) electrons. The van der Waals surface area contributed by atoms with Crippen LogP contribution >= 0.6 is 0 Å². The molecule has 0 amide bonds. The predicted molar refractivity (Wildman–Crippen MR) is 127 cm³/mol. The van der Waals surface area contributed by atoms with Crippen molar-refractivity contribution in [1.82, 2.24) is 14.3 Å². The third-order valence-electron chi connectivity index (χ3n) is 5.61. The molecular formula is C26H19F4N3O6. The average molecular weight is 545 g/mol. The number of halogens is 4. The summed E-state index contributed by atoms with van der Waals surface area (Å²) in [7, 11) is 2.20. The lowest BCUT2D eigenvalue weighted by atomic mass is 9.92. The second kappa shape index (κ2) is 10.9. The molecule has 0 N–H and O–H groups in total. The highest BCUT2D eigenvalue weighted by atomic mass is 19.4. The van der Waals surface area contributed by atoms with E-state index in [1.54, 1.807) is 6.07 Å². The third-order valence-corrected chi connectivity index (χ3v) is 5.61. The van der Waals surface area contributed by atoms with Crippen molar-refractivity contribution in [2.75, 3.05) is 14.2 Å². The molecule has 1 atom stereocenters. The van der Waals surface area contributed by atoms with Gasteiger partial charge in [-0.05, 0) is 42.5 Å². The van der Waals surface area contributed by atoms with E-state index < -0.39 is 52.2 Å². The van der Waals surface area contributed by atoms with E-state index in [2.05, 4.69) is 9.99 Å². The molecule has 2 aromatic carbocycles. The van der Waals surface area contributed by atoms with Crippen LogP contribution in [0.3, 0.4) is 0 Å². The molecule has 4 rings (SSSR count). The van der Waals surface area contributed by atoms with Crippen LogP contribution in [0.15, 0.2) is 77.7 Å². The quantitative estimate of drug-likeness (QED) is 0.0815. The smallest absolute Gasteiger partial charge is 0.435 e. The number of pyridine rings is 1. The van der Waals surface area contributed by atoms with Crippen LogP contribution < -0.4 is 10.4 Å². The Labute approximate surface area is 217 Å². The van der Waals surface area contributed by atoms with Crippen molar-refractivity contribution < 1.29 is 41.7 Å². The van der Waals surface area contributed by atoms with Gasteiger partial charge in [-0.2, -0.15) is 23.2 Å². The minimum absolute atomic E-state index is 0.0141. The molecule has 0 aliphatic heterocycles. The van der Waals surface area contributed by atoms with Crippen LogP contribution in [0.25, 0.3) is 11.4 Å². The molecule has 0 saturated carbocycles. The molecule has 4 aromatic rings. The zero-order chi connectivity index (χ0) is 28.3. The molecule has 0 aliphatic carbocycles. The first kappa shape index (κ1) is 27.3. The first-order valence-corrected chi connectivity index (χ1v) is 11.1. The van der Waals surface area contributed by atoms with Gasteiger partial charge in [-0.25, -0.2) is 9.07 Å². The number of nitrogens with zero attached hydrogens (tertiary/aromatic N) is 3. The second-order valence-electron chi connectivity index (χ2n) is 8.00. The summed E-state index contributed by atoms with van der Waals surface area (Å²) >= 11 is 0. The summed E-state index contributed by atoms with van der Waals surface area (Å²) in [6, 6.07) is 13.4. The molecule has 0 spiro atoms. The van der Waals surface area contributed by atoms with Gasteiger partial charge in [0.05, 0.1) is 25.6 Å². The molecule has 9 nitrogen and oxygen atoms in total. The van der Waals surface area contributed by atoms with Gasteiger partial charge in [-0.3, -0.25) is 19.0 Å². The van der Waals surface area contributed by atoms with Crippen LogP contribution in [0.1, 0.15) is 27.7 Å². The van der Waals surface area contributed by atoms with Gasteiger partial charge in [0.25, 0.3) is 5.56 Å². The van der Waals surface area contributed by atoms with Crippen molar-refractivity contribution in [3.8, 4) is 17.1 Å². The third kappa shape index (κ3) is 5.57. The Kier molecular flexibility index (Phi) is 7.63. The van der Waals surface area contributed by atoms with Gasteiger partial charge in [0.1, 0.15) is 17.4 Å². The summed E-state index contributed by atoms with van der Waals surface area (Å²) in [5, 5.41) is 3.51. The number of carbonyl (C=O) groups is 2. The van der Waals surface area contributed by atoms with Crippen LogP contribution in [-0.4, -0.2) is 40.3 Å². The van der Waals surface area contributed by atoms with Crippen molar-refractivity contribution in [3.63, 3.8) is 0 Å². The molecule has 202 valence electrons. The van der Waals surface area contributed by atoms with E-state index in [9.17, 15) is 27.6 Å². The molecule has 0 aliphatic rings. The highest BCUT2D eigenvalue weighted by Crippen LogP contribution is 2.33. The summed E-state index contributed by atoms with van der Waals surface area (Å²) in [4.78, 5) is 47.8. The van der Waals surface area contributed by atoms with E-state index in [4.69, 9.17) is 9.62 Å². The van der Waals surface area contributed by atoms with E-state index in [0.717, 1.165) is 23.8 Å². The summed E-state index contributed by atoms with van der Waals surface area (Å²) < 4.78 is 62.6. The number of ketones is 1. The molecule has 0 fully saturated rings. The Morgan fingerprint density at radius 3 is 2.23 bits per heavy atom. The van der Waals surface area contributed by atoms with Gasteiger partial charge in [-0.15, -0.1) is 0 Å². The Hall–Kier alpha value is -4.78. The van der Waals surface area contributed by atoms with E-state index >= 15 is 4.39 Å². The molecule has 2 heterocycles. The minimum atomic E-state index is -4.93. The Morgan fingerprint density at radius 2 is 1.64 bits per heavy atom. The Balaban J connectivity index is 1.82. The molecular weight excluding hydrogens is 526 g/mol. The molecule has 39 heavy (non-hydrogen) atoms. The number of alkyl halides is 3. The van der Waals surface area contributed by atoms with Crippen LogP contribution in [-0.2, 0) is 20.6 Å². The van der Waals surface area contributed by atoms with Crippen LogP contribution in [0, 0.1) is 5.82 Å². The van der Waals surface area contributed by atoms with Crippen molar-refractivity contribution in [2.45, 2.75) is 12.1 Å². The number of hydrogen-bond donors (Lipinski definition) is 0. The standard InChI is InChI=1S/C26H19F4N3O6/c1-37-25(36)23(18-11-8-16(13-19(18)27)32-12-4-3-5-22(32)34)24(35)20-14-21(26(28,29)30)31-33(20)15-6-9-17(10-7-15)39-38-2/h3-14,23H,1-2H3. The lowest BCUT2D eigenvalue weighted by molar-refractivity contribution is -0.178. The zero-order valence-electron chi connectivity index (χ0n) is 20.3.